The fraction of sp³-hybridized carbons (Fsp3) is 0.192. The summed E-state index contributed by atoms with van der Waals surface area (Å²) in [7, 11) is 2.79. The Morgan fingerprint density at radius 2 is 1.81 bits per heavy atom. The fourth-order valence-electron chi connectivity index (χ4n) is 4.10. The van der Waals surface area contributed by atoms with E-state index in [1.54, 1.807) is 31.2 Å². The van der Waals surface area contributed by atoms with Crippen molar-refractivity contribution >= 4 is 34.8 Å². The van der Waals surface area contributed by atoms with Crippen LogP contribution in [0.4, 0.5) is 0 Å². The lowest BCUT2D eigenvalue weighted by Crippen LogP contribution is -2.40. The summed E-state index contributed by atoms with van der Waals surface area (Å²) in [6.07, 6.45) is 1.57. The summed E-state index contributed by atoms with van der Waals surface area (Å²) in [5.41, 5.74) is 6.86. The van der Waals surface area contributed by atoms with Gasteiger partial charge in [-0.15, -0.1) is 11.3 Å². The minimum Gasteiger partial charge on any atom is -0.504 e. The highest BCUT2D eigenvalue weighted by Crippen LogP contribution is 2.39. The van der Waals surface area contributed by atoms with Crippen LogP contribution in [-0.2, 0) is 9.53 Å². The normalized spacial score (nSPS) is 15.2. The van der Waals surface area contributed by atoms with Crippen molar-refractivity contribution in [3.8, 4) is 29.1 Å². The van der Waals surface area contributed by atoms with E-state index in [2.05, 4.69) is 0 Å². The number of hydrogen-bond donors (Lipinski definition) is 3. The monoisotopic (exact) mass is 521 g/mol. The number of carbonyl (C=O) groups is 1. The van der Waals surface area contributed by atoms with E-state index in [-0.39, 0.29) is 55.8 Å². The Bertz CT molecular complexity index is 1660. The molecule has 1 aliphatic rings. The van der Waals surface area contributed by atoms with Gasteiger partial charge in [0.1, 0.15) is 10.5 Å². The number of allylic oxidation sites excluding steroid dienone is 1. The molecular formula is C26H23N3O7S. The summed E-state index contributed by atoms with van der Waals surface area (Å²) in [6, 6.07) is 11.1. The van der Waals surface area contributed by atoms with Gasteiger partial charge in [-0.3, -0.25) is 9.36 Å². The van der Waals surface area contributed by atoms with Gasteiger partial charge in [0.05, 0.1) is 48.5 Å². The number of rotatable bonds is 6. The summed E-state index contributed by atoms with van der Waals surface area (Å²) in [5, 5.41) is 30.0. The van der Waals surface area contributed by atoms with E-state index in [9.17, 15) is 25.1 Å². The molecule has 4 N–H and O–H groups in total. The zero-order chi connectivity index (χ0) is 26.9. The van der Waals surface area contributed by atoms with E-state index in [0.717, 1.165) is 15.9 Å². The van der Waals surface area contributed by atoms with Gasteiger partial charge in [-0.2, -0.15) is 5.26 Å². The van der Waals surface area contributed by atoms with Crippen LogP contribution in [0.25, 0.3) is 17.5 Å². The van der Waals surface area contributed by atoms with Crippen molar-refractivity contribution in [3.63, 3.8) is 0 Å². The number of nitrogens with two attached hydrogens (primary N) is 1. The highest BCUT2D eigenvalue weighted by Gasteiger charge is 2.36. The predicted molar refractivity (Wildman–Crippen MR) is 137 cm³/mol. The molecule has 0 unspecified atom stereocenters. The molecular weight excluding hydrogens is 498 g/mol. The first-order valence-electron chi connectivity index (χ1n) is 11.0. The van der Waals surface area contributed by atoms with E-state index in [0.29, 0.717) is 11.1 Å². The Hall–Kier alpha value is -4.69. The number of aromatic nitrogens is 1. The smallest absolute Gasteiger partial charge is 0.338 e. The molecule has 3 aromatic rings. The summed E-state index contributed by atoms with van der Waals surface area (Å²) < 4.78 is 17.2. The van der Waals surface area contributed by atoms with E-state index in [4.69, 9.17) is 19.9 Å². The molecule has 0 aliphatic carbocycles. The molecule has 0 amide bonds. The molecule has 0 spiro atoms. The third-order valence-corrected chi connectivity index (χ3v) is 6.91. The van der Waals surface area contributed by atoms with E-state index < -0.39 is 17.4 Å². The Morgan fingerprint density at radius 3 is 2.43 bits per heavy atom. The highest BCUT2D eigenvalue weighted by atomic mass is 32.1. The largest absolute Gasteiger partial charge is 0.504 e. The van der Waals surface area contributed by atoms with Gasteiger partial charge in [-0.25, -0.2) is 4.79 Å². The molecule has 1 aliphatic heterocycles. The fourth-order valence-corrected chi connectivity index (χ4v) is 5.26. The SMILES string of the molecule is CCOC(=O)C1=c2s/c(=C\c3ccc(O)c(OC)c3)c(=O)n2C(N)=C(C#N)[C@@H]1c1ccc(O)c(OC)c1. The number of phenolic OH excluding ortho intramolecular Hbond substituents is 2. The summed E-state index contributed by atoms with van der Waals surface area (Å²) in [4.78, 5) is 26.7. The first kappa shape index (κ1) is 25.4. The minimum atomic E-state index is -0.974. The Labute approximate surface area is 215 Å². The second-order valence-electron chi connectivity index (χ2n) is 7.90. The average molecular weight is 522 g/mol. The molecule has 1 aromatic heterocycles. The molecule has 0 saturated carbocycles. The van der Waals surface area contributed by atoms with Crippen molar-refractivity contribution in [3.05, 3.63) is 72.6 Å². The van der Waals surface area contributed by atoms with E-state index in [1.165, 1.54) is 32.4 Å². The Balaban J connectivity index is 2.08. The van der Waals surface area contributed by atoms with Crippen molar-refractivity contribution in [2.24, 2.45) is 5.73 Å². The van der Waals surface area contributed by atoms with Crippen LogP contribution in [0.3, 0.4) is 0 Å². The average Bonchev–Trinajstić information content (AvgIpc) is 3.21. The van der Waals surface area contributed by atoms with Gasteiger partial charge in [0.15, 0.2) is 23.0 Å². The molecule has 37 heavy (non-hydrogen) atoms. The molecule has 190 valence electrons. The molecule has 4 rings (SSSR count). The first-order chi connectivity index (χ1) is 17.7. The number of nitriles is 1. The maximum absolute atomic E-state index is 13.4. The molecule has 11 heteroatoms. The van der Waals surface area contributed by atoms with Crippen LogP contribution in [0.1, 0.15) is 24.0 Å². The standard InChI is InChI=1S/C26H23N3O7S/c1-4-36-26(33)22-21(14-6-8-17(31)19(11-14)35-3)15(12-27)23(28)29-24(32)20(37-25(22)29)10-13-5-7-16(30)18(9-13)34-2/h5-11,21,30-31H,4,28H2,1-3H3/b20-10-/t21-/m0/s1. The second-order valence-corrected chi connectivity index (χ2v) is 8.93. The highest BCUT2D eigenvalue weighted by molar-refractivity contribution is 7.07. The third kappa shape index (κ3) is 4.39. The second kappa shape index (κ2) is 10.1. The van der Waals surface area contributed by atoms with E-state index in [1.807, 2.05) is 6.07 Å². The lowest BCUT2D eigenvalue weighted by Gasteiger charge is -2.25. The van der Waals surface area contributed by atoms with Crippen LogP contribution in [0.2, 0.25) is 0 Å². The van der Waals surface area contributed by atoms with Crippen LogP contribution in [0.5, 0.6) is 23.0 Å². The number of carbonyl (C=O) groups excluding carboxylic acids is 1. The number of fused-ring (bicyclic) bond motifs is 1. The van der Waals surface area contributed by atoms with Gasteiger partial charge >= 0.3 is 5.97 Å². The maximum Gasteiger partial charge on any atom is 0.338 e. The molecule has 0 saturated heterocycles. The number of esters is 1. The number of hydrogen-bond acceptors (Lipinski definition) is 10. The third-order valence-electron chi connectivity index (χ3n) is 5.80. The number of ether oxygens (including phenoxy) is 3. The van der Waals surface area contributed by atoms with Crippen LogP contribution in [-0.4, -0.2) is 41.6 Å². The van der Waals surface area contributed by atoms with Crippen molar-refractivity contribution in [1.29, 1.82) is 5.26 Å². The molecule has 10 nitrogen and oxygen atoms in total. The van der Waals surface area contributed by atoms with Crippen molar-refractivity contribution in [2.75, 3.05) is 20.8 Å². The number of benzene rings is 2. The summed E-state index contributed by atoms with van der Waals surface area (Å²) in [6.45, 7) is 1.71. The van der Waals surface area contributed by atoms with E-state index >= 15 is 0 Å². The molecule has 0 bridgehead atoms. The van der Waals surface area contributed by atoms with Crippen molar-refractivity contribution in [1.82, 2.24) is 4.57 Å². The van der Waals surface area contributed by atoms with Crippen LogP contribution in [0, 0.1) is 11.3 Å². The predicted octanol–water partition coefficient (Wildman–Crippen LogP) is 1.33. The quantitative estimate of drug-likeness (QED) is 0.407. The molecule has 1 atom stereocenters. The zero-order valence-corrected chi connectivity index (χ0v) is 21.0. The molecule has 0 radical (unpaired) electrons. The minimum absolute atomic E-state index is 0.0268. The maximum atomic E-state index is 13.4. The van der Waals surface area contributed by atoms with Crippen LogP contribution < -0.4 is 30.0 Å². The van der Waals surface area contributed by atoms with Crippen LogP contribution in [0.15, 0.2) is 46.8 Å². The van der Waals surface area contributed by atoms with Crippen LogP contribution >= 0.6 is 11.3 Å². The topological polar surface area (TPSA) is 157 Å². The summed E-state index contributed by atoms with van der Waals surface area (Å²) in [5.74, 6) is -1.62. The van der Waals surface area contributed by atoms with Crippen molar-refractivity contribution < 1.29 is 29.2 Å². The number of thiazole rings is 1. The lowest BCUT2D eigenvalue weighted by molar-refractivity contribution is -0.136. The van der Waals surface area contributed by atoms with Gasteiger partial charge in [-0.1, -0.05) is 12.1 Å². The molecule has 2 aromatic carbocycles. The molecule has 2 heterocycles. The first-order valence-corrected chi connectivity index (χ1v) is 11.9. The number of phenols is 2. The van der Waals surface area contributed by atoms with Gasteiger partial charge in [-0.05, 0) is 48.4 Å². The van der Waals surface area contributed by atoms with Gasteiger partial charge < -0.3 is 30.2 Å². The van der Waals surface area contributed by atoms with Gasteiger partial charge in [0.2, 0.25) is 0 Å². The van der Waals surface area contributed by atoms with Gasteiger partial charge in [0.25, 0.3) is 5.56 Å². The Morgan fingerprint density at radius 1 is 1.16 bits per heavy atom. The lowest BCUT2D eigenvalue weighted by atomic mass is 9.83. The van der Waals surface area contributed by atoms with Crippen molar-refractivity contribution in [2.45, 2.75) is 12.8 Å². The number of nitrogens with zero attached hydrogens (tertiary/aromatic N) is 2. The summed E-state index contributed by atoms with van der Waals surface area (Å²) >= 11 is 1.01. The molecule has 0 fully saturated rings. The Kier molecular flexibility index (Phi) is 6.95. The van der Waals surface area contributed by atoms with Gasteiger partial charge in [0, 0.05) is 0 Å². The number of aromatic hydroxyl groups is 2. The zero-order valence-electron chi connectivity index (χ0n) is 20.1. The number of methoxy groups -OCH3 is 2.